The van der Waals surface area contributed by atoms with Crippen molar-refractivity contribution in [1.29, 1.82) is 0 Å². The minimum Gasteiger partial charge on any atom is -0.454 e. The number of ether oxygens (including phenoxy) is 4. The van der Waals surface area contributed by atoms with Gasteiger partial charge in [-0.1, -0.05) is 5.16 Å². The Labute approximate surface area is 150 Å². The lowest BCUT2D eigenvalue weighted by Crippen LogP contribution is -2.34. The van der Waals surface area contributed by atoms with E-state index >= 15 is 0 Å². The highest BCUT2D eigenvalue weighted by atomic mass is 16.7. The van der Waals surface area contributed by atoms with Crippen LogP contribution < -0.4 is 14.8 Å². The molecule has 1 atom stereocenters. The third kappa shape index (κ3) is 3.97. The Bertz CT molecular complexity index is 769. The first-order valence-electron chi connectivity index (χ1n) is 8.59. The first kappa shape index (κ1) is 16.9. The Kier molecular flexibility index (Phi) is 5.03. The summed E-state index contributed by atoms with van der Waals surface area (Å²) in [5.41, 5.74) is 1.45. The van der Waals surface area contributed by atoms with Gasteiger partial charge in [0, 0.05) is 24.8 Å². The van der Waals surface area contributed by atoms with Gasteiger partial charge in [-0.25, -0.2) is 0 Å². The molecule has 26 heavy (non-hydrogen) atoms. The molecular formula is C18H20N2O6. The highest BCUT2D eigenvalue weighted by Crippen LogP contribution is 2.36. The molecule has 0 saturated carbocycles. The van der Waals surface area contributed by atoms with E-state index in [1.54, 1.807) is 6.07 Å². The summed E-state index contributed by atoms with van der Waals surface area (Å²) >= 11 is 0. The van der Waals surface area contributed by atoms with Gasteiger partial charge < -0.3 is 28.8 Å². The summed E-state index contributed by atoms with van der Waals surface area (Å²) in [4.78, 5) is 11.8. The van der Waals surface area contributed by atoms with E-state index < -0.39 is 0 Å². The van der Waals surface area contributed by atoms with Crippen LogP contribution in [-0.2, 0) is 20.9 Å². The van der Waals surface area contributed by atoms with Crippen LogP contribution in [-0.4, -0.2) is 43.7 Å². The molecule has 8 heteroatoms. The summed E-state index contributed by atoms with van der Waals surface area (Å²) in [6.07, 6.45) is 2.16. The molecule has 2 aliphatic heterocycles. The van der Waals surface area contributed by atoms with Gasteiger partial charge in [0.05, 0.1) is 12.7 Å². The summed E-state index contributed by atoms with van der Waals surface area (Å²) in [6, 6.07) is 7.32. The van der Waals surface area contributed by atoms with Crippen LogP contribution in [0.4, 0.5) is 0 Å². The zero-order valence-corrected chi connectivity index (χ0v) is 14.2. The van der Waals surface area contributed by atoms with Gasteiger partial charge in [0.25, 0.3) is 0 Å². The van der Waals surface area contributed by atoms with E-state index in [0.29, 0.717) is 29.5 Å². The Morgan fingerprint density at radius 1 is 1.27 bits per heavy atom. The fourth-order valence-electron chi connectivity index (χ4n) is 2.90. The summed E-state index contributed by atoms with van der Waals surface area (Å²) in [7, 11) is 0. The maximum Gasteiger partial charge on any atom is 0.246 e. The van der Waals surface area contributed by atoms with Crippen molar-refractivity contribution in [3.8, 4) is 22.8 Å². The van der Waals surface area contributed by atoms with Crippen molar-refractivity contribution in [2.45, 2.75) is 25.6 Å². The van der Waals surface area contributed by atoms with E-state index in [4.69, 9.17) is 23.5 Å². The predicted octanol–water partition coefficient (Wildman–Crippen LogP) is 1.88. The minimum atomic E-state index is -0.167. The number of rotatable bonds is 7. The van der Waals surface area contributed by atoms with E-state index in [1.807, 2.05) is 18.2 Å². The number of fused-ring (bicyclic) bond motifs is 1. The molecule has 0 radical (unpaired) electrons. The lowest BCUT2D eigenvalue weighted by atomic mass is 10.1. The summed E-state index contributed by atoms with van der Waals surface area (Å²) in [5, 5.41) is 6.78. The van der Waals surface area contributed by atoms with Gasteiger partial charge in [-0.2, -0.15) is 0 Å². The average molecular weight is 360 g/mol. The quantitative estimate of drug-likeness (QED) is 0.806. The first-order valence-corrected chi connectivity index (χ1v) is 8.59. The molecule has 1 N–H and O–H groups in total. The second kappa shape index (κ2) is 7.76. The van der Waals surface area contributed by atoms with Crippen molar-refractivity contribution in [2.75, 3.05) is 26.6 Å². The topological polar surface area (TPSA) is 92.1 Å². The third-order valence-corrected chi connectivity index (χ3v) is 4.25. The van der Waals surface area contributed by atoms with Crippen molar-refractivity contribution in [3.63, 3.8) is 0 Å². The number of hydrogen-bond acceptors (Lipinski definition) is 7. The Morgan fingerprint density at radius 2 is 2.19 bits per heavy atom. The van der Waals surface area contributed by atoms with E-state index in [-0.39, 0.29) is 32.0 Å². The first-order chi connectivity index (χ1) is 12.8. The van der Waals surface area contributed by atoms with Crippen molar-refractivity contribution < 1.29 is 28.3 Å². The number of nitrogens with one attached hydrogen (secondary N) is 1. The van der Waals surface area contributed by atoms with Gasteiger partial charge in [-0.3, -0.25) is 4.79 Å². The smallest absolute Gasteiger partial charge is 0.246 e. The van der Waals surface area contributed by atoms with Crippen molar-refractivity contribution in [2.24, 2.45) is 0 Å². The molecule has 4 rings (SSSR count). The number of aromatic nitrogens is 1. The monoisotopic (exact) mass is 360 g/mol. The molecule has 1 aromatic heterocycles. The molecule has 0 bridgehead atoms. The molecule has 1 aromatic carbocycles. The van der Waals surface area contributed by atoms with Crippen LogP contribution in [0.1, 0.15) is 18.5 Å². The van der Waals surface area contributed by atoms with Crippen LogP contribution in [0.3, 0.4) is 0 Å². The summed E-state index contributed by atoms with van der Waals surface area (Å²) in [6.45, 7) is 1.69. The summed E-state index contributed by atoms with van der Waals surface area (Å²) < 4.78 is 26.8. The van der Waals surface area contributed by atoms with Gasteiger partial charge in [-0.05, 0) is 31.0 Å². The average Bonchev–Trinajstić information content (AvgIpc) is 3.40. The number of amides is 1. The van der Waals surface area contributed by atoms with Crippen LogP contribution in [0, 0.1) is 0 Å². The molecule has 2 aromatic rings. The molecule has 1 fully saturated rings. The van der Waals surface area contributed by atoms with Crippen LogP contribution >= 0.6 is 0 Å². The standard InChI is InChI=1S/C18H20N2O6/c21-18(19-8-14-2-1-5-23-14)10-22-9-13-7-16(26-20-13)12-3-4-15-17(6-12)25-11-24-15/h3-4,6-7,14H,1-2,5,8-11H2,(H,19,21)/t14-/m0/s1. The zero-order chi connectivity index (χ0) is 17.8. The SMILES string of the molecule is O=C(COCc1cc(-c2ccc3c(c2)OCO3)on1)NC[C@@H]1CCCO1. The molecule has 138 valence electrons. The van der Waals surface area contributed by atoms with Crippen LogP contribution in [0.2, 0.25) is 0 Å². The van der Waals surface area contributed by atoms with Gasteiger partial charge >= 0.3 is 0 Å². The molecule has 8 nitrogen and oxygen atoms in total. The van der Waals surface area contributed by atoms with E-state index in [1.165, 1.54) is 0 Å². The number of benzene rings is 1. The second-order valence-electron chi connectivity index (χ2n) is 6.18. The van der Waals surface area contributed by atoms with E-state index in [9.17, 15) is 4.79 Å². The predicted molar refractivity (Wildman–Crippen MR) is 89.7 cm³/mol. The normalized spacial score (nSPS) is 18.2. The Morgan fingerprint density at radius 3 is 3.08 bits per heavy atom. The van der Waals surface area contributed by atoms with Gasteiger partial charge in [-0.15, -0.1) is 0 Å². The van der Waals surface area contributed by atoms with Crippen LogP contribution in [0.5, 0.6) is 11.5 Å². The van der Waals surface area contributed by atoms with Crippen LogP contribution in [0.15, 0.2) is 28.8 Å². The van der Waals surface area contributed by atoms with Crippen molar-refractivity contribution >= 4 is 5.91 Å². The molecule has 0 aliphatic carbocycles. The number of carbonyl (C=O) groups is 1. The van der Waals surface area contributed by atoms with Gasteiger partial charge in [0.1, 0.15) is 12.3 Å². The Hall–Kier alpha value is -2.58. The number of carbonyl (C=O) groups excluding carboxylic acids is 1. The van der Waals surface area contributed by atoms with E-state index in [0.717, 1.165) is 25.0 Å². The highest BCUT2D eigenvalue weighted by molar-refractivity contribution is 5.77. The fourth-order valence-corrected chi connectivity index (χ4v) is 2.90. The van der Waals surface area contributed by atoms with Gasteiger partial charge in [0.15, 0.2) is 17.3 Å². The fraction of sp³-hybridized carbons (Fsp3) is 0.444. The van der Waals surface area contributed by atoms with Crippen LogP contribution in [0.25, 0.3) is 11.3 Å². The number of nitrogens with zero attached hydrogens (tertiary/aromatic N) is 1. The van der Waals surface area contributed by atoms with E-state index in [2.05, 4.69) is 10.5 Å². The van der Waals surface area contributed by atoms with Crippen molar-refractivity contribution in [3.05, 3.63) is 30.0 Å². The maximum atomic E-state index is 11.8. The Balaban J connectivity index is 1.24. The third-order valence-electron chi connectivity index (χ3n) is 4.25. The second-order valence-corrected chi connectivity index (χ2v) is 6.18. The molecule has 1 amide bonds. The molecule has 2 aliphatic rings. The zero-order valence-electron chi connectivity index (χ0n) is 14.2. The molecule has 3 heterocycles. The van der Waals surface area contributed by atoms with Gasteiger partial charge in [0.2, 0.25) is 12.7 Å². The lowest BCUT2D eigenvalue weighted by Gasteiger charge is -2.10. The maximum absolute atomic E-state index is 11.8. The molecule has 1 saturated heterocycles. The molecule has 0 spiro atoms. The minimum absolute atomic E-state index is 0.0288. The highest BCUT2D eigenvalue weighted by Gasteiger charge is 2.17. The number of hydrogen-bond donors (Lipinski definition) is 1. The van der Waals surface area contributed by atoms with Crippen molar-refractivity contribution in [1.82, 2.24) is 10.5 Å². The molecular weight excluding hydrogens is 340 g/mol. The largest absolute Gasteiger partial charge is 0.454 e. The molecule has 0 unspecified atom stereocenters. The summed E-state index contributed by atoms with van der Waals surface area (Å²) in [5.74, 6) is 1.83. The lowest BCUT2D eigenvalue weighted by molar-refractivity contribution is -0.126.